The van der Waals surface area contributed by atoms with Gasteiger partial charge in [0.15, 0.2) is 0 Å². The Bertz CT molecular complexity index is 661. The van der Waals surface area contributed by atoms with Gasteiger partial charge >= 0.3 is 0 Å². The van der Waals surface area contributed by atoms with Crippen molar-refractivity contribution in [2.75, 3.05) is 0 Å². The maximum absolute atomic E-state index is 12.9. The summed E-state index contributed by atoms with van der Waals surface area (Å²) in [5.74, 6) is -2.77. The molecule has 0 aliphatic heterocycles. The fourth-order valence-electron chi connectivity index (χ4n) is 2.21. The maximum Gasteiger partial charge on any atom is 0.270 e. The second-order valence-electron chi connectivity index (χ2n) is 6.04. The van der Waals surface area contributed by atoms with Crippen LogP contribution in [-0.2, 0) is 12.3 Å². The molecule has 128 valence electrons. The molecule has 0 saturated carbocycles. The summed E-state index contributed by atoms with van der Waals surface area (Å²) in [5.41, 5.74) is 4.33. The summed E-state index contributed by atoms with van der Waals surface area (Å²) in [6.07, 6.45) is 5.72. The van der Waals surface area contributed by atoms with Crippen LogP contribution in [0.4, 0.5) is 8.78 Å². The molecule has 0 heterocycles. The molecule has 24 heavy (non-hydrogen) atoms. The lowest BCUT2D eigenvalue weighted by molar-refractivity contribution is 0.0174. The summed E-state index contributed by atoms with van der Waals surface area (Å²) in [6, 6.07) is 13.4. The molecule has 0 saturated heterocycles. The highest BCUT2D eigenvalue weighted by atomic mass is 19.3. The molecule has 0 bridgehead atoms. The van der Waals surface area contributed by atoms with E-state index in [0.717, 1.165) is 30.9 Å². The van der Waals surface area contributed by atoms with Gasteiger partial charge in [0.1, 0.15) is 0 Å². The van der Waals surface area contributed by atoms with Gasteiger partial charge in [-0.1, -0.05) is 66.3 Å². The minimum Gasteiger partial charge on any atom is -0.202 e. The highest BCUT2D eigenvalue weighted by Crippen LogP contribution is 2.28. The number of hydrogen-bond acceptors (Lipinski definition) is 0. The van der Waals surface area contributed by atoms with Crippen molar-refractivity contribution in [3.8, 4) is 0 Å². The Labute approximate surface area is 144 Å². The summed E-state index contributed by atoms with van der Waals surface area (Å²) >= 11 is 0. The Morgan fingerprint density at radius 2 is 1.58 bits per heavy atom. The molecule has 0 atom stereocenters. The van der Waals surface area contributed by atoms with Crippen molar-refractivity contribution in [3.63, 3.8) is 0 Å². The predicted molar refractivity (Wildman–Crippen MR) is 101 cm³/mol. The monoisotopic (exact) mass is 328 g/mol. The van der Waals surface area contributed by atoms with E-state index >= 15 is 0 Å². The molecule has 2 aromatic carbocycles. The third-order valence-electron chi connectivity index (χ3n) is 3.60. The van der Waals surface area contributed by atoms with Crippen LogP contribution in [0.1, 0.15) is 41.2 Å². The van der Waals surface area contributed by atoms with Gasteiger partial charge in [-0.15, -0.1) is 6.58 Å². The molecule has 0 spiro atoms. The zero-order valence-corrected chi connectivity index (χ0v) is 14.8. The number of alkyl halides is 2. The Kier molecular flexibility index (Phi) is 7.57. The number of allylic oxidation sites excluding steroid dienone is 1. The van der Waals surface area contributed by atoms with Crippen LogP contribution in [0.15, 0.2) is 61.7 Å². The zero-order valence-electron chi connectivity index (χ0n) is 14.8. The summed E-state index contributed by atoms with van der Waals surface area (Å²) in [5, 5.41) is 0. The van der Waals surface area contributed by atoms with Gasteiger partial charge in [-0.05, 0) is 43.9 Å². The van der Waals surface area contributed by atoms with Crippen LogP contribution in [0.2, 0.25) is 0 Å². The average Bonchev–Trinajstić information content (AvgIpc) is 2.53. The van der Waals surface area contributed by atoms with Gasteiger partial charge in [0.2, 0.25) is 0 Å². The first-order valence-electron chi connectivity index (χ1n) is 8.05. The van der Waals surface area contributed by atoms with Gasteiger partial charge in [-0.25, -0.2) is 8.78 Å². The van der Waals surface area contributed by atoms with Crippen molar-refractivity contribution < 1.29 is 8.78 Å². The Morgan fingerprint density at radius 3 is 2.08 bits per heavy atom. The molecule has 0 N–H and O–H groups in total. The molecular weight excluding hydrogens is 302 g/mol. The van der Waals surface area contributed by atoms with Gasteiger partial charge in [-0.2, -0.15) is 0 Å². The fourth-order valence-corrected chi connectivity index (χ4v) is 2.21. The first-order chi connectivity index (χ1) is 11.3. The van der Waals surface area contributed by atoms with Crippen molar-refractivity contribution in [3.05, 3.63) is 89.5 Å². The van der Waals surface area contributed by atoms with Crippen molar-refractivity contribution in [1.29, 1.82) is 0 Å². The van der Waals surface area contributed by atoms with Crippen molar-refractivity contribution in [2.45, 2.75) is 39.5 Å². The van der Waals surface area contributed by atoms with Crippen LogP contribution in [0, 0.1) is 13.8 Å². The molecule has 2 aromatic rings. The van der Waals surface area contributed by atoms with Crippen LogP contribution in [-0.4, -0.2) is 0 Å². The van der Waals surface area contributed by atoms with E-state index in [9.17, 15) is 8.78 Å². The number of halogens is 2. The first kappa shape index (κ1) is 19.8. The van der Waals surface area contributed by atoms with E-state index in [1.165, 1.54) is 23.3 Å². The highest BCUT2D eigenvalue weighted by Gasteiger charge is 2.24. The molecule has 0 fully saturated rings. The van der Waals surface area contributed by atoms with Gasteiger partial charge < -0.3 is 0 Å². The molecule has 0 aromatic heterocycles. The Hall–Kier alpha value is -2.22. The average molecular weight is 328 g/mol. The summed E-state index contributed by atoms with van der Waals surface area (Å²) in [6.45, 7) is 12.0. The van der Waals surface area contributed by atoms with E-state index in [4.69, 9.17) is 0 Å². The van der Waals surface area contributed by atoms with Crippen LogP contribution in [0.5, 0.6) is 0 Å². The molecule has 2 heteroatoms. The molecule has 0 nitrogen and oxygen atoms in total. The van der Waals surface area contributed by atoms with Gasteiger partial charge in [0.25, 0.3) is 5.92 Å². The van der Waals surface area contributed by atoms with Gasteiger partial charge in [-0.3, -0.25) is 0 Å². The number of benzene rings is 2. The lowest BCUT2D eigenvalue weighted by Gasteiger charge is -2.12. The van der Waals surface area contributed by atoms with E-state index in [-0.39, 0.29) is 5.56 Å². The number of rotatable bonds is 5. The fraction of sp³-hybridized carbons (Fsp3) is 0.273. The molecular formula is C22H26F2. The third-order valence-corrected chi connectivity index (χ3v) is 3.60. The second-order valence-corrected chi connectivity index (χ2v) is 6.04. The lowest BCUT2D eigenvalue weighted by atomic mass is 10.0. The van der Waals surface area contributed by atoms with E-state index < -0.39 is 5.92 Å². The normalized spacial score (nSPS) is 10.5. The topological polar surface area (TPSA) is 0 Å². The Balaban J connectivity index is 0.000000243. The molecule has 0 amide bonds. The molecule has 0 radical (unpaired) electrons. The number of aryl methyl sites for hydroxylation is 3. The van der Waals surface area contributed by atoms with E-state index in [0.29, 0.717) is 0 Å². The van der Waals surface area contributed by atoms with Gasteiger partial charge in [0, 0.05) is 12.5 Å². The van der Waals surface area contributed by atoms with E-state index in [1.807, 2.05) is 12.1 Å². The van der Waals surface area contributed by atoms with E-state index in [2.05, 4.69) is 44.3 Å². The summed E-state index contributed by atoms with van der Waals surface area (Å²) < 4.78 is 25.8. The van der Waals surface area contributed by atoms with Crippen molar-refractivity contribution >= 4 is 6.08 Å². The van der Waals surface area contributed by atoms with Crippen LogP contribution >= 0.6 is 0 Å². The molecule has 2 rings (SSSR count). The van der Waals surface area contributed by atoms with Crippen molar-refractivity contribution in [2.24, 2.45) is 0 Å². The minimum absolute atomic E-state index is 0.0439. The minimum atomic E-state index is -2.77. The smallest absolute Gasteiger partial charge is 0.202 e. The highest BCUT2D eigenvalue weighted by molar-refractivity contribution is 5.50. The molecule has 0 aliphatic carbocycles. The number of hydrogen-bond donors (Lipinski definition) is 0. The van der Waals surface area contributed by atoms with Crippen LogP contribution in [0.25, 0.3) is 6.08 Å². The molecule has 0 aliphatic rings. The summed E-state index contributed by atoms with van der Waals surface area (Å²) in [4.78, 5) is 0. The largest absolute Gasteiger partial charge is 0.270 e. The van der Waals surface area contributed by atoms with Crippen molar-refractivity contribution in [1.82, 2.24) is 0 Å². The van der Waals surface area contributed by atoms with E-state index in [1.54, 1.807) is 13.0 Å². The quantitative estimate of drug-likeness (QED) is 0.526. The Morgan fingerprint density at radius 1 is 0.958 bits per heavy atom. The van der Waals surface area contributed by atoms with Crippen LogP contribution < -0.4 is 0 Å². The maximum atomic E-state index is 12.9. The van der Waals surface area contributed by atoms with Gasteiger partial charge in [0.05, 0.1) is 0 Å². The second kappa shape index (κ2) is 9.17. The SMILES string of the molecule is C=CCCc1ccc(C)cc1.C=Cc1cc(C)cc(C(C)(F)F)c1. The molecule has 0 unspecified atom stereocenters. The predicted octanol–water partition coefficient (Wildman–Crippen LogP) is 6.86. The standard InChI is InChI=1S/C11H12F2.C11H14/c1-4-9-5-8(2)6-10(7-9)11(3,12)13;1-3-4-5-11-8-6-10(2)7-9-11/h4-7H,1H2,2-3H3;3,6-9H,1,4-5H2,2H3. The zero-order chi connectivity index (χ0) is 18.2. The summed E-state index contributed by atoms with van der Waals surface area (Å²) in [7, 11) is 0. The first-order valence-corrected chi connectivity index (χ1v) is 8.05. The lowest BCUT2D eigenvalue weighted by Crippen LogP contribution is -2.07. The third kappa shape index (κ3) is 6.91. The van der Waals surface area contributed by atoms with Crippen LogP contribution in [0.3, 0.4) is 0 Å².